The van der Waals surface area contributed by atoms with Crippen LogP contribution in [0.25, 0.3) is 0 Å². The average molecular weight is 211 g/mol. The van der Waals surface area contributed by atoms with Crippen molar-refractivity contribution >= 4 is 17.3 Å². The molecule has 14 heavy (non-hydrogen) atoms. The van der Waals surface area contributed by atoms with Crippen molar-refractivity contribution in [1.82, 2.24) is 4.98 Å². The quantitative estimate of drug-likeness (QED) is 0.809. The lowest BCUT2D eigenvalue weighted by molar-refractivity contribution is 0.533. The summed E-state index contributed by atoms with van der Waals surface area (Å²) in [5.41, 5.74) is 1.23. The highest BCUT2D eigenvalue weighted by Gasteiger charge is 2.28. The Balaban J connectivity index is 2.14. The van der Waals surface area contributed by atoms with E-state index in [9.17, 15) is 0 Å². The van der Waals surface area contributed by atoms with Crippen molar-refractivity contribution < 1.29 is 0 Å². The molecule has 3 heteroatoms. The molecule has 1 aliphatic carbocycles. The molecular formula is C11H15ClN2. The lowest BCUT2D eigenvalue weighted by Gasteiger charge is -2.27. The summed E-state index contributed by atoms with van der Waals surface area (Å²) in [5.74, 6) is 0. The summed E-state index contributed by atoms with van der Waals surface area (Å²) >= 11 is 6.04. The van der Waals surface area contributed by atoms with E-state index in [0.717, 1.165) is 5.69 Å². The van der Waals surface area contributed by atoms with Crippen LogP contribution in [0.4, 0.5) is 5.69 Å². The third-order valence-corrected chi connectivity index (χ3v) is 3.22. The molecule has 0 atom stereocenters. The fourth-order valence-electron chi connectivity index (χ4n) is 2.08. The van der Waals surface area contributed by atoms with Gasteiger partial charge < -0.3 is 5.32 Å². The summed E-state index contributed by atoms with van der Waals surface area (Å²) in [4.78, 5) is 3.97. The maximum atomic E-state index is 6.04. The Bertz CT molecular complexity index is 319. The van der Waals surface area contributed by atoms with Crippen LogP contribution < -0.4 is 5.32 Å². The van der Waals surface area contributed by atoms with Crippen LogP contribution in [0.3, 0.4) is 0 Å². The summed E-state index contributed by atoms with van der Waals surface area (Å²) in [7, 11) is 0. The lowest BCUT2D eigenvalue weighted by Crippen LogP contribution is -2.30. The van der Waals surface area contributed by atoms with Gasteiger partial charge in [-0.2, -0.15) is 0 Å². The summed E-state index contributed by atoms with van der Waals surface area (Å²) < 4.78 is 0. The molecule has 2 rings (SSSR count). The molecule has 0 radical (unpaired) electrons. The zero-order valence-corrected chi connectivity index (χ0v) is 9.14. The zero-order valence-electron chi connectivity index (χ0n) is 8.39. The van der Waals surface area contributed by atoms with Crippen LogP contribution in [0, 0.1) is 0 Å². The summed E-state index contributed by atoms with van der Waals surface area (Å²) in [5, 5.41) is 4.22. The molecule has 76 valence electrons. The van der Waals surface area contributed by atoms with Crippen molar-refractivity contribution in [2.45, 2.75) is 38.1 Å². The van der Waals surface area contributed by atoms with Gasteiger partial charge in [-0.25, -0.2) is 0 Å². The number of hydrogen-bond donors (Lipinski definition) is 1. The molecule has 1 heterocycles. The van der Waals surface area contributed by atoms with Gasteiger partial charge in [-0.1, -0.05) is 24.4 Å². The van der Waals surface area contributed by atoms with Crippen molar-refractivity contribution in [1.29, 1.82) is 0 Å². The van der Waals surface area contributed by atoms with Crippen molar-refractivity contribution in [3.8, 4) is 0 Å². The number of aromatic nitrogens is 1. The first-order valence-electron chi connectivity index (χ1n) is 5.07. The minimum absolute atomic E-state index is 0.227. The van der Waals surface area contributed by atoms with Gasteiger partial charge in [0.05, 0.1) is 10.7 Å². The molecule has 0 saturated heterocycles. The number of nitrogens with zero attached hydrogens (tertiary/aromatic N) is 1. The number of nitrogens with one attached hydrogen (secondary N) is 1. The topological polar surface area (TPSA) is 24.9 Å². The highest BCUT2D eigenvalue weighted by Crippen LogP contribution is 2.34. The molecule has 0 spiro atoms. The summed E-state index contributed by atoms with van der Waals surface area (Å²) in [6, 6.07) is 1.94. The van der Waals surface area contributed by atoms with E-state index < -0.39 is 0 Å². The molecule has 1 aromatic rings. The van der Waals surface area contributed by atoms with E-state index in [4.69, 9.17) is 11.6 Å². The van der Waals surface area contributed by atoms with E-state index in [1.54, 1.807) is 12.4 Å². The van der Waals surface area contributed by atoms with E-state index in [1.807, 2.05) is 6.07 Å². The highest BCUT2D eigenvalue weighted by molar-refractivity contribution is 6.33. The fraction of sp³-hybridized carbons (Fsp3) is 0.545. The number of halogens is 1. The van der Waals surface area contributed by atoms with Crippen molar-refractivity contribution in [2.24, 2.45) is 0 Å². The van der Waals surface area contributed by atoms with E-state index in [2.05, 4.69) is 17.2 Å². The molecule has 1 aromatic heterocycles. The molecule has 1 aliphatic rings. The second kappa shape index (κ2) is 3.77. The van der Waals surface area contributed by atoms with Crippen molar-refractivity contribution in [2.75, 3.05) is 5.32 Å². The minimum atomic E-state index is 0.227. The standard InChI is InChI=1S/C11H15ClN2/c1-11(5-2-3-6-11)14-10-4-7-13-8-9(10)12/h4,7-8H,2-3,5-6H2,1H3,(H,13,14). The predicted octanol–water partition coefficient (Wildman–Crippen LogP) is 3.48. The SMILES string of the molecule is CC1(Nc2ccncc2Cl)CCCC1. The van der Waals surface area contributed by atoms with E-state index >= 15 is 0 Å². The van der Waals surface area contributed by atoms with Gasteiger partial charge in [-0.3, -0.25) is 4.98 Å². The third kappa shape index (κ3) is 2.01. The Morgan fingerprint density at radius 2 is 2.14 bits per heavy atom. The Morgan fingerprint density at radius 3 is 2.79 bits per heavy atom. The van der Waals surface area contributed by atoms with Crippen molar-refractivity contribution in [3.63, 3.8) is 0 Å². The van der Waals surface area contributed by atoms with Crippen LogP contribution >= 0.6 is 11.6 Å². The maximum absolute atomic E-state index is 6.04. The number of hydrogen-bond acceptors (Lipinski definition) is 2. The van der Waals surface area contributed by atoms with Gasteiger partial charge in [-0.05, 0) is 25.8 Å². The Kier molecular flexibility index (Phi) is 2.64. The molecule has 2 nitrogen and oxygen atoms in total. The second-order valence-corrected chi connectivity index (χ2v) is 4.66. The van der Waals surface area contributed by atoms with E-state index in [1.165, 1.54) is 25.7 Å². The van der Waals surface area contributed by atoms with E-state index in [-0.39, 0.29) is 5.54 Å². The molecule has 0 aliphatic heterocycles. The van der Waals surface area contributed by atoms with Crippen LogP contribution in [0.2, 0.25) is 5.02 Å². The van der Waals surface area contributed by atoms with Gasteiger partial charge in [0.15, 0.2) is 0 Å². The van der Waals surface area contributed by atoms with Crippen LogP contribution in [0.5, 0.6) is 0 Å². The highest BCUT2D eigenvalue weighted by atomic mass is 35.5. The average Bonchev–Trinajstić information content (AvgIpc) is 2.57. The van der Waals surface area contributed by atoms with Gasteiger partial charge in [0, 0.05) is 17.9 Å². The first-order chi connectivity index (χ1) is 6.70. The largest absolute Gasteiger partial charge is 0.379 e. The molecule has 1 fully saturated rings. The minimum Gasteiger partial charge on any atom is -0.379 e. The molecule has 0 aromatic carbocycles. The Labute approximate surface area is 89.7 Å². The Morgan fingerprint density at radius 1 is 1.43 bits per heavy atom. The van der Waals surface area contributed by atoms with Gasteiger partial charge >= 0.3 is 0 Å². The van der Waals surface area contributed by atoms with Gasteiger partial charge in [0.1, 0.15) is 0 Å². The molecule has 1 saturated carbocycles. The smallest absolute Gasteiger partial charge is 0.0820 e. The number of rotatable bonds is 2. The van der Waals surface area contributed by atoms with Gasteiger partial charge in [0.25, 0.3) is 0 Å². The molecule has 0 amide bonds. The van der Waals surface area contributed by atoms with Crippen LogP contribution in [0.1, 0.15) is 32.6 Å². The van der Waals surface area contributed by atoms with E-state index in [0.29, 0.717) is 5.02 Å². The van der Waals surface area contributed by atoms with Crippen LogP contribution in [-0.2, 0) is 0 Å². The first kappa shape index (κ1) is 9.78. The predicted molar refractivity (Wildman–Crippen MR) is 59.7 cm³/mol. The molecule has 1 N–H and O–H groups in total. The van der Waals surface area contributed by atoms with Gasteiger partial charge in [-0.15, -0.1) is 0 Å². The lowest BCUT2D eigenvalue weighted by atomic mass is 10.0. The monoisotopic (exact) mass is 210 g/mol. The number of pyridine rings is 1. The normalized spacial score (nSPS) is 19.6. The fourth-order valence-corrected chi connectivity index (χ4v) is 2.25. The van der Waals surface area contributed by atoms with Crippen LogP contribution in [0.15, 0.2) is 18.5 Å². The zero-order chi connectivity index (χ0) is 10.0. The first-order valence-corrected chi connectivity index (χ1v) is 5.45. The molecule has 0 bridgehead atoms. The second-order valence-electron chi connectivity index (χ2n) is 4.25. The number of anilines is 1. The summed E-state index contributed by atoms with van der Waals surface area (Å²) in [6.07, 6.45) is 8.53. The summed E-state index contributed by atoms with van der Waals surface area (Å²) in [6.45, 7) is 2.26. The van der Waals surface area contributed by atoms with Gasteiger partial charge in [0.2, 0.25) is 0 Å². The maximum Gasteiger partial charge on any atom is 0.0820 e. The molecule has 0 unspecified atom stereocenters. The molecular weight excluding hydrogens is 196 g/mol. The van der Waals surface area contributed by atoms with Crippen LogP contribution in [-0.4, -0.2) is 10.5 Å². The Hall–Kier alpha value is -0.760. The third-order valence-electron chi connectivity index (χ3n) is 2.92. The van der Waals surface area contributed by atoms with Crippen molar-refractivity contribution in [3.05, 3.63) is 23.5 Å².